The van der Waals surface area contributed by atoms with Gasteiger partial charge in [-0.3, -0.25) is 0 Å². The van der Waals surface area contributed by atoms with Gasteiger partial charge in [0, 0.05) is 13.2 Å². The van der Waals surface area contributed by atoms with Crippen molar-refractivity contribution in [2.75, 3.05) is 26.3 Å². The molecule has 2 heteroatoms. The lowest BCUT2D eigenvalue weighted by Crippen LogP contribution is -2.28. The third-order valence-corrected chi connectivity index (χ3v) is 3.97. The zero-order chi connectivity index (χ0) is 12.3. The lowest BCUT2D eigenvalue weighted by Gasteiger charge is -2.24. The first-order chi connectivity index (χ1) is 8.38. The first-order valence-corrected chi connectivity index (χ1v) is 7.66. The molecule has 1 fully saturated rings. The van der Waals surface area contributed by atoms with Crippen LogP contribution in [0.1, 0.15) is 58.8 Å². The van der Waals surface area contributed by atoms with Crippen molar-refractivity contribution in [1.82, 2.24) is 5.32 Å². The molecule has 0 spiro atoms. The minimum atomic E-state index is 0.863. The molecular formula is C15H31NO. The highest BCUT2D eigenvalue weighted by Crippen LogP contribution is 2.33. The van der Waals surface area contributed by atoms with Crippen LogP contribution in [-0.2, 0) is 4.74 Å². The van der Waals surface area contributed by atoms with Crippen LogP contribution >= 0.6 is 0 Å². The predicted molar refractivity (Wildman–Crippen MR) is 74.3 cm³/mol. The standard InChI is InChI=1S/C15H31NO/c1-3-11-16-13-15(10-7-12-17-4-2)14-8-5-6-9-14/h14-16H,3-13H2,1-2H3. The third-order valence-electron chi connectivity index (χ3n) is 3.97. The average Bonchev–Trinajstić information content (AvgIpc) is 2.86. The van der Waals surface area contributed by atoms with E-state index in [9.17, 15) is 0 Å². The number of hydrogen-bond donors (Lipinski definition) is 1. The molecule has 0 heterocycles. The highest BCUT2D eigenvalue weighted by atomic mass is 16.5. The summed E-state index contributed by atoms with van der Waals surface area (Å²) in [5, 5.41) is 3.61. The zero-order valence-corrected chi connectivity index (χ0v) is 11.8. The minimum Gasteiger partial charge on any atom is -0.382 e. The van der Waals surface area contributed by atoms with E-state index in [1.54, 1.807) is 0 Å². The van der Waals surface area contributed by atoms with Gasteiger partial charge in [0.2, 0.25) is 0 Å². The van der Waals surface area contributed by atoms with Crippen LogP contribution in [0, 0.1) is 11.8 Å². The summed E-state index contributed by atoms with van der Waals surface area (Å²) >= 11 is 0. The van der Waals surface area contributed by atoms with Gasteiger partial charge in [-0.2, -0.15) is 0 Å². The Morgan fingerprint density at radius 3 is 2.65 bits per heavy atom. The molecule has 1 rings (SSSR count). The van der Waals surface area contributed by atoms with Gasteiger partial charge < -0.3 is 10.1 Å². The Morgan fingerprint density at radius 2 is 2.00 bits per heavy atom. The van der Waals surface area contributed by atoms with E-state index in [1.165, 1.54) is 58.0 Å². The molecule has 17 heavy (non-hydrogen) atoms. The van der Waals surface area contributed by atoms with Gasteiger partial charge in [-0.25, -0.2) is 0 Å². The van der Waals surface area contributed by atoms with Crippen LogP contribution < -0.4 is 5.32 Å². The fraction of sp³-hybridized carbons (Fsp3) is 1.00. The van der Waals surface area contributed by atoms with Crippen LogP contribution in [0.25, 0.3) is 0 Å². The number of rotatable bonds is 10. The molecule has 2 nitrogen and oxygen atoms in total. The van der Waals surface area contributed by atoms with Gasteiger partial charge >= 0.3 is 0 Å². The van der Waals surface area contributed by atoms with E-state index in [0.717, 1.165) is 25.0 Å². The number of nitrogens with one attached hydrogen (secondary N) is 1. The van der Waals surface area contributed by atoms with Crippen molar-refractivity contribution in [2.24, 2.45) is 11.8 Å². The second-order valence-electron chi connectivity index (χ2n) is 5.35. The van der Waals surface area contributed by atoms with Crippen LogP contribution in [-0.4, -0.2) is 26.3 Å². The highest BCUT2D eigenvalue weighted by molar-refractivity contribution is 4.77. The van der Waals surface area contributed by atoms with Crippen LogP contribution in [0.4, 0.5) is 0 Å². The first kappa shape index (κ1) is 15.0. The zero-order valence-electron chi connectivity index (χ0n) is 11.8. The molecule has 1 aliphatic rings. The predicted octanol–water partition coefficient (Wildman–Crippen LogP) is 3.61. The fourth-order valence-electron chi connectivity index (χ4n) is 2.99. The summed E-state index contributed by atoms with van der Waals surface area (Å²) in [6.07, 6.45) is 9.68. The van der Waals surface area contributed by atoms with E-state index in [-0.39, 0.29) is 0 Å². The van der Waals surface area contributed by atoms with E-state index in [4.69, 9.17) is 4.74 Å². The molecule has 0 amide bonds. The van der Waals surface area contributed by atoms with Crippen molar-refractivity contribution >= 4 is 0 Å². The molecular weight excluding hydrogens is 210 g/mol. The molecule has 0 aromatic rings. The van der Waals surface area contributed by atoms with E-state index >= 15 is 0 Å². The molecule has 102 valence electrons. The summed E-state index contributed by atoms with van der Waals surface area (Å²) < 4.78 is 5.45. The SMILES string of the molecule is CCCNCC(CCCOCC)C1CCCC1. The van der Waals surface area contributed by atoms with Gasteiger partial charge in [0.1, 0.15) is 0 Å². The average molecular weight is 241 g/mol. The number of hydrogen-bond acceptors (Lipinski definition) is 2. The second-order valence-corrected chi connectivity index (χ2v) is 5.35. The maximum atomic E-state index is 5.45. The second kappa shape index (κ2) is 9.90. The van der Waals surface area contributed by atoms with E-state index < -0.39 is 0 Å². The highest BCUT2D eigenvalue weighted by Gasteiger charge is 2.24. The van der Waals surface area contributed by atoms with Crippen LogP contribution in [0.3, 0.4) is 0 Å². The Balaban J connectivity index is 2.20. The molecule has 0 radical (unpaired) electrons. The van der Waals surface area contributed by atoms with Gasteiger partial charge in [-0.15, -0.1) is 0 Å². The van der Waals surface area contributed by atoms with Gasteiger partial charge in [-0.05, 0) is 51.1 Å². The Kier molecular flexibility index (Phi) is 8.72. The van der Waals surface area contributed by atoms with Crippen LogP contribution in [0.2, 0.25) is 0 Å². The summed E-state index contributed by atoms with van der Waals surface area (Å²) in [6, 6.07) is 0. The third kappa shape index (κ3) is 6.42. The quantitative estimate of drug-likeness (QED) is 0.590. The fourth-order valence-corrected chi connectivity index (χ4v) is 2.99. The molecule has 1 N–H and O–H groups in total. The summed E-state index contributed by atoms with van der Waals surface area (Å²) in [7, 11) is 0. The lowest BCUT2D eigenvalue weighted by atomic mass is 9.87. The maximum Gasteiger partial charge on any atom is 0.0466 e. The van der Waals surface area contributed by atoms with Crippen LogP contribution in [0.5, 0.6) is 0 Å². The summed E-state index contributed by atoms with van der Waals surface area (Å²) in [5.74, 6) is 1.88. The maximum absolute atomic E-state index is 5.45. The van der Waals surface area contributed by atoms with Crippen molar-refractivity contribution in [2.45, 2.75) is 58.8 Å². The molecule has 0 aromatic carbocycles. The first-order valence-electron chi connectivity index (χ1n) is 7.66. The van der Waals surface area contributed by atoms with E-state index in [0.29, 0.717) is 0 Å². The van der Waals surface area contributed by atoms with Crippen molar-refractivity contribution in [3.8, 4) is 0 Å². The molecule has 0 aliphatic heterocycles. The van der Waals surface area contributed by atoms with Gasteiger partial charge in [0.25, 0.3) is 0 Å². The van der Waals surface area contributed by atoms with Crippen LogP contribution in [0.15, 0.2) is 0 Å². The van der Waals surface area contributed by atoms with Gasteiger partial charge in [-0.1, -0.05) is 32.6 Å². The van der Waals surface area contributed by atoms with Gasteiger partial charge in [0.05, 0.1) is 0 Å². The van der Waals surface area contributed by atoms with E-state index in [1.807, 2.05) is 0 Å². The largest absolute Gasteiger partial charge is 0.382 e. The minimum absolute atomic E-state index is 0.863. The molecule has 0 saturated heterocycles. The lowest BCUT2D eigenvalue weighted by molar-refractivity contribution is 0.135. The molecule has 0 aromatic heterocycles. The summed E-state index contributed by atoms with van der Waals surface area (Å²) in [5.41, 5.74) is 0. The number of ether oxygens (including phenoxy) is 1. The van der Waals surface area contributed by atoms with Crippen molar-refractivity contribution < 1.29 is 4.74 Å². The van der Waals surface area contributed by atoms with Crippen molar-refractivity contribution in [1.29, 1.82) is 0 Å². The molecule has 1 saturated carbocycles. The smallest absolute Gasteiger partial charge is 0.0466 e. The monoisotopic (exact) mass is 241 g/mol. The molecule has 0 bridgehead atoms. The summed E-state index contributed by atoms with van der Waals surface area (Å²) in [4.78, 5) is 0. The van der Waals surface area contributed by atoms with Crippen molar-refractivity contribution in [3.63, 3.8) is 0 Å². The van der Waals surface area contributed by atoms with Crippen molar-refractivity contribution in [3.05, 3.63) is 0 Å². The normalized spacial score (nSPS) is 18.7. The topological polar surface area (TPSA) is 21.3 Å². The Bertz CT molecular complexity index is 166. The molecule has 1 unspecified atom stereocenters. The molecule has 1 atom stereocenters. The molecule has 1 aliphatic carbocycles. The van der Waals surface area contributed by atoms with E-state index in [2.05, 4.69) is 19.2 Å². The summed E-state index contributed by atoms with van der Waals surface area (Å²) in [6.45, 7) is 8.54. The Labute approximate surface area is 108 Å². The Hall–Kier alpha value is -0.0800. The van der Waals surface area contributed by atoms with Gasteiger partial charge in [0.15, 0.2) is 0 Å². The Morgan fingerprint density at radius 1 is 1.24 bits per heavy atom.